The van der Waals surface area contributed by atoms with E-state index in [2.05, 4.69) is 37.7 Å². The lowest BCUT2D eigenvalue weighted by Gasteiger charge is -2.49. The molecule has 0 radical (unpaired) electrons. The van der Waals surface area contributed by atoms with Crippen LogP contribution in [0.25, 0.3) is 0 Å². The highest BCUT2D eigenvalue weighted by Crippen LogP contribution is 2.48. The predicted molar refractivity (Wildman–Crippen MR) is 91.4 cm³/mol. The van der Waals surface area contributed by atoms with Gasteiger partial charge < -0.3 is 10.6 Å². The maximum absolute atomic E-state index is 6.35. The van der Waals surface area contributed by atoms with E-state index in [0.29, 0.717) is 0 Å². The second-order valence-corrected chi connectivity index (χ2v) is 8.27. The molecule has 2 aliphatic carbocycles. The molecule has 0 aromatic carbocycles. The summed E-state index contributed by atoms with van der Waals surface area (Å²) < 4.78 is 0. The van der Waals surface area contributed by atoms with Crippen molar-refractivity contribution in [3.05, 3.63) is 0 Å². The molecule has 3 nitrogen and oxygen atoms in total. The molecule has 21 heavy (non-hydrogen) atoms. The molecule has 2 aliphatic rings. The van der Waals surface area contributed by atoms with Gasteiger partial charge in [0.15, 0.2) is 0 Å². The highest BCUT2D eigenvalue weighted by Gasteiger charge is 2.44. The van der Waals surface area contributed by atoms with Gasteiger partial charge in [-0.25, -0.2) is 0 Å². The fraction of sp³-hybridized carbons (Fsp3) is 1.00. The van der Waals surface area contributed by atoms with Gasteiger partial charge >= 0.3 is 0 Å². The number of hydrogen-bond acceptors (Lipinski definition) is 3. The average Bonchev–Trinajstić information content (AvgIpc) is 3.27. The highest BCUT2D eigenvalue weighted by atomic mass is 15.2. The maximum Gasteiger partial charge on any atom is 0.0335 e. The van der Waals surface area contributed by atoms with Crippen LogP contribution in [-0.4, -0.2) is 55.6 Å². The Balaban J connectivity index is 2.07. The SMILES string of the molecule is CC(C)CN(CCN(C)C)C1(CN)CCCC(C2CC2)C1. The molecule has 0 aliphatic heterocycles. The minimum Gasteiger partial charge on any atom is -0.329 e. The van der Waals surface area contributed by atoms with Crippen LogP contribution >= 0.6 is 0 Å². The Morgan fingerprint density at radius 3 is 2.33 bits per heavy atom. The summed E-state index contributed by atoms with van der Waals surface area (Å²) in [5.74, 6) is 2.71. The Morgan fingerprint density at radius 2 is 1.81 bits per heavy atom. The molecule has 2 rings (SSSR count). The number of nitrogens with zero attached hydrogens (tertiary/aromatic N) is 2. The van der Waals surface area contributed by atoms with Crippen LogP contribution < -0.4 is 5.73 Å². The van der Waals surface area contributed by atoms with Gasteiger partial charge in [0.1, 0.15) is 0 Å². The van der Waals surface area contributed by atoms with Gasteiger partial charge in [0, 0.05) is 31.7 Å². The number of rotatable bonds is 8. The molecule has 2 atom stereocenters. The molecule has 2 fully saturated rings. The zero-order chi connectivity index (χ0) is 15.5. The Kier molecular flexibility index (Phi) is 6.10. The molecule has 0 aromatic heterocycles. The molecule has 2 N–H and O–H groups in total. The lowest BCUT2D eigenvalue weighted by Crippen LogP contribution is -2.58. The minimum absolute atomic E-state index is 0.284. The summed E-state index contributed by atoms with van der Waals surface area (Å²) in [6.45, 7) is 9.03. The lowest BCUT2D eigenvalue weighted by atomic mass is 9.72. The van der Waals surface area contributed by atoms with Crippen molar-refractivity contribution in [1.29, 1.82) is 0 Å². The normalized spacial score (nSPS) is 30.6. The fourth-order valence-electron chi connectivity index (χ4n) is 4.24. The van der Waals surface area contributed by atoms with Crippen molar-refractivity contribution < 1.29 is 0 Å². The average molecular weight is 296 g/mol. The van der Waals surface area contributed by atoms with Crippen LogP contribution in [0.2, 0.25) is 0 Å². The van der Waals surface area contributed by atoms with E-state index < -0.39 is 0 Å². The van der Waals surface area contributed by atoms with E-state index in [4.69, 9.17) is 5.73 Å². The molecule has 0 aromatic rings. The standard InChI is InChI=1S/C18H37N3/c1-15(2)13-21(11-10-20(3)4)18(14-19)9-5-6-17(12-18)16-7-8-16/h15-17H,5-14,19H2,1-4H3. The van der Waals surface area contributed by atoms with Crippen molar-refractivity contribution in [3.63, 3.8) is 0 Å². The smallest absolute Gasteiger partial charge is 0.0335 e. The monoisotopic (exact) mass is 295 g/mol. The van der Waals surface area contributed by atoms with Gasteiger partial charge in [-0.1, -0.05) is 26.7 Å². The number of nitrogens with two attached hydrogens (primary N) is 1. The van der Waals surface area contributed by atoms with E-state index in [1.54, 1.807) is 0 Å². The van der Waals surface area contributed by atoms with Crippen molar-refractivity contribution in [3.8, 4) is 0 Å². The summed E-state index contributed by atoms with van der Waals surface area (Å²) in [4.78, 5) is 5.06. The first kappa shape index (κ1) is 17.2. The summed E-state index contributed by atoms with van der Waals surface area (Å²) in [6.07, 6.45) is 8.46. The molecule has 0 saturated heterocycles. The molecule has 124 valence electrons. The molecule has 2 saturated carbocycles. The molecular weight excluding hydrogens is 258 g/mol. The summed E-state index contributed by atoms with van der Waals surface area (Å²) in [6, 6.07) is 0. The maximum atomic E-state index is 6.35. The molecule has 0 heterocycles. The molecule has 0 spiro atoms. The van der Waals surface area contributed by atoms with Crippen molar-refractivity contribution in [2.45, 2.75) is 57.9 Å². The zero-order valence-corrected chi connectivity index (χ0v) is 14.8. The van der Waals surface area contributed by atoms with Crippen LogP contribution in [0.15, 0.2) is 0 Å². The third-order valence-electron chi connectivity index (χ3n) is 5.60. The van der Waals surface area contributed by atoms with Crippen molar-refractivity contribution in [2.24, 2.45) is 23.5 Å². The first-order chi connectivity index (χ1) is 9.97. The Bertz CT molecular complexity index is 312. The van der Waals surface area contributed by atoms with Gasteiger partial charge in [-0.05, 0) is 57.5 Å². The van der Waals surface area contributed by atoms with E-state index in [9.17, 15) is 0 Å². The third kappa shape index (κ3) is 4.67. The van der Waals surface area contributed by atoms with Crippen LogP contribution in [0.4, 0.5) is 0 Å². The Labute approximate surface area is 132 Å². The van der Waals surface area contributed by atoms with E-state index in [-0.39, 0.29) is 5.54 Å². The minimum atomic E-state index is 0.284. The quantitative estimate of drug-likeness (QED) is 0.747. The molecule has 0 bridgehead atoms. The summed E-state index contributed by atoms with van der Waals surface area (Å²) in [5, 5.41) is 0. The van der Waals surface area contributed by atoms with Gasteiger partial charge in [0.05, 0.1) is 0 Å². The number of likely N-dealkylation sites (N-methyl/N-ethyl adjacent to an activating group) is 1. The molecular formula is C18H37N3. The molecule has 3 heteroatoms. The van der Waals surface area contributed by atoms with E-state index in [0.717, 1.165) is 30.8 Å². The van der Waals surface area contributed by atoms with Gasteiger partial charge in [-0.3, -0.25) is 4.90 Å². The second-order valence-electron chi connectivity index (χ2n) is 8.27. The first-order valence-corrected chi connectivity index (χ1v) is 9.06. The van der Waals surface area contributed by atoms with Crippen molar-refractivity contribution in [2.75, 3.05) is 40.3 Å². The highest BCUT2D eigenvalue weighted by molar-refractivity contribution is 5.00. The largest absolute Gasteiger partial charge is 0.329 e. The van der Waals surface area contributed by atoms with Gasteiger partial charge in [-0.15, -0.1) is 0 Å². The van der Waals surface area contributed by atoms with Gasteiger partial charge in [0.2, 0.25) is 0 Å². The van der Waals surface area contributed by atoms with Crippen LogP contribution in [0, 0.1) is 17.8 Å². The predicted octanol–water partition coefficient (Wildman–Crippen LogP) is 2.80. The third-order valence-corrected chi connectivity index (χ3v) is 5.60. The van der Waals surface area contributed by atoms with Crippen LogP contribution in [-0.2, 0) is 0 Å². The fourth-order valence-corrected chi connectivity index (χ4v) is 4.24. The van der Waals surface area contributed by atoms with Gasteiger partial charge in [0.25, 0.3) is 0 Å². The Hall–Kier alpha value is -0.120. The first-order valence-electron chi connectivity index (χ1n) is 9.06. The van der Waals surface area contributed by atoms with E-state index in [1.807, 2.05) is 0 Å². The zero-order valence-electron chi connectivity index (χ0n) is 14.8. The summed E-state index contributed by atoms with van der Waals surface area (Å²) >= 11 is 0. The van der Waals surface area contributed by atoms with E-state index in [1.165, 1.54) is 51.6 Å². The summed E-state index contributed by atoms with van der Waals surface area (Å²) in [7, 11) is 4.35. The van der Waals surface area contributed by atoms with Crippen LogP contribution in [0.1, 0.15) is 52.4 Å². The summed E-state index contributed by atoms with van der Waals surface area (Å²) in [5.41, 5.74) is 6.63. The molecule has 2 unspecified atom stereocenters. The Morgan fingerprint density at radius 1 is 1.10 bits per heavy atom. The number of hydrogen-bond donors (Lipinski definition) is 1. The van der Waals surface area contributed by atoms with Crippen LogP contribution in [0.5, 0.6) is 0 Å². The topological polar surface area (TPSA) is 32.5 Å². The van der Waals surface area contributed by atoms with E-state index >= 15 is 0 Å². The van der Waals surface area contributed by atoms with Crippen molar-refractivity contribution >= 4 is 0 Å². The second kappa shape index (κ2) is 7.43. The molecule has 0 amide bonds. The van der Waals surface area contributed by atoms with Gasteiger partial charge in [-0.2, -0.15) is 0 Å². The van der Waals surface area contributed by atoms with Crippen molar-refractivity contribution in [1.82, 2.24) is 9.80 Å². The lowest BCUT2D eigenvalue weighted by molar-refractivity contribution is 0.0184. The van der Waals surface area contributed by atoms with Crippen LogP contribution in [0.3, 0.4) is 0 Å².